The van der Waals surface area contributed by atoms with Gasteiger partial charge >= 0.3 is 0 Å². The van der Waals surface area contributed by atoms with Gasteiger partial charge in [0, 0.05) is 63.9 Å². The summed E-state index contributed by atoms with van der Waals surface area (Å²) in [5.74, 6) is 0.645. The molecule has 1 saturated heterocycles. The lowest BCUT2D eigenvalue weighted by Crippen LogP contribution is -2.43. The molecule has 3 heterocycles. The fraction of sp³-hybridized carbons (Fsp3) is 0.269. The Kier molecular flexibility index (Phi) is 7.54. The van der Waals surface area contributed by atoms with Crippen molar-refractivity contribution in [2.75, 3.05) is 42.9 Å². The van der Waals surface area contributed by atoms with E-state index in [-0.39, 0.29) is 16.7 Å². The fourth-order valence-electron chi connectivity index (χ4n) is 4.20. The van der Waals surface area contributed by atoms with Gasteiger partial charge in [-0.1, -0.05) is 24.3 Å². The minimum absolute atomic E-state index is 0.000226. The van der Waals surface area contributed by atoms with Crippen LogP contribution in [0.4, 0.5) is 11.6 Å². The van der Waals surface area contributed by atoms with E-state index in [4.69, 9.17) is 9.47 Å². The normalized spacial score (nSPS) is 13.9. The van der Waals surface area contributed by atoms with Gasteiger partial charge in [-0.2, -0.15) is 10.1 Å². The number of benzene rings is 2. The number of nitrogens with one attached hydrogen (secondary N) is 2. The Morgan fingerprint density at radius 3 is 2.53 bits per heavy atom. The average molecular weight is 536 g/mol. The van der Waals surface area contributed by atoms with Crippen LogP contribution in [0.3, 0.4) is 0 Å². The van der Waals surface area contributed by atoms with Crippen molar-refractivity contribution >= 4 is 21.7 Å². The largest absolute Gasteiger partial charge is 0.439 e. The minimum Gasteiger partial charge on any atom is -0.439 e. The third-order valence-corrected chi connectivity index (χ3v) is 7.34. The second-order valence-electron chi connectivity index (χ2n) is 8.79. The SMILES string of the molecule is COCc1ccccc1-c1cc(Oc2ccc(N3CCNCC3)cc2)nc(NS(=O)(=O)c2cnn(C)c2)n1. The molecule has 38 heavy (non-hydrogen) atoms. The second kappa shape index (κ2) is 11.2. The van der Waals surface area contributed by atoms with Crippen molar-refractivity contribution in [3.63, 3.8) is 0 Å². The van der Waals surface area contributed by atoms with Crippen LogP contribution in [0.1, 0.15) is 5.56 Å². The van der Waals surface area contributed by atoms with Crippen LogP contribution in [0.2, 0.25) is 0 Å². The molecule has 4 aromatic rings. The topological polar surface area (TPSA) is 123 Å². The lowest BCUT2D eigenvalue weighted by molar-refractivity contribution is 0.185. The molecule has 0 bridgehead atoms. The van der Waals surface area contributed by atoms with E-state index in [0.717, 1.165) is 43.0 Å². The summed E-state index contributed by atoms with van der Waals surface area (Å²) in [4.78, 5) is 11.2. The maximum Gasteiger partial charge on any atom is 0.267 e. The number of sulfonamides is 1. The molecule has 0 aliphatic carbocycles. The summed E-state index contributed by atoms with van der Waals surface area (Å²) in [6.45, 7) is 4.14. The number of aromatic nitrogens is 4. The summed E-state index contributed by atoms with van der Waals surface area (Å²) in [6.07, 6.45) is 2.66. The zero-order chi connectivity index (χ0) is 26.5. The van der Waals surface area contributed by atoms with Crippen molar-refractivity contribution in [1.29, 1.82) is 0 Å². The highest BCUT2D eigenvalue weighted by Gasteiger charge is 2.20. The molecule has 2 N–H and O–H groups in total. The molecule has 11 nitrogen and oxygen atoms in total. The van der Waals surface area contributed by atoms with Gasteiger partial charge in [-0.25, -0.2) is 18.1 Å². The predicted molar refractivity (Wildman–Crippen MR) is 144 cm³/mol. The Morgan fingerprint density at radius 1 is 1.05 bits per heavy atom. The molecule has 1 aliphatic rings. The van der Waals surface area contributed by atoms with Gasteiger partial charge in [0.1, 0.15) is 10.6 Å². The van der Waals surface area contributed by atoms with Crippen LogP contribution in [0.25, 0.3) is 11.3 Å². The van der Waals surface area contributed by atoms with Crippen LogP contribution in [-0.4, -0.2) is 61.5 Å². The van der Waals surface area contributed by atoms with E-state index in [1.807, 2.05) is 48.5 Å². The quantitative estimate of drug-likeness (QED) is 0.333. The molecule has 198 valence electrons. The van der Waals surface area contributed by atoms with Gasteiger partial charge in [0.2, 0.25) is 11.8 Å². The second-order valence-corrected chi connectivity index (χ2v) is 10.5. The Morgan fingerprint density at radius 2 is 1.82 bits per heavy atom. The number of hydrogen-bond acceptors (Lipinski definition) is 9. The molecule has 0 radical (unpaired) electrons. The smallest absolute Gasteiger partial charge is 0.267 e. The Bertz CT molecular complexity index is 1500. The summed E-state index contributed by atoms with van der Waals surface area (Å²) < 4.78 is 41.2. The van der Waals surface area contributed by atoms with Crippen LogP contribution in [-0.2, 0) is 28.4 Å². The Hall–Kier alpha value is -4.00. The molecule has 0 spiro atoms. The summed E-state index contributed by atoms with van der Waals surface area (Å²) in [7, 11) is -0.714. The van der Waals surface area contributed by atoms with Crippen LogP contribution in [0, 0.1) is 0 Å². The van der Waals surface area contributed by atoms with Crippen LogP contribution in [0.15, 0.2) is 71.9 Å². The van der Waals surface area contributed by atoms with Gasteiger partial charge in [-0.05, 0) is 29.8 Å². The lowest BCUT2D eigenvalue weighted by Gasteiger charge is -2.29. The van der Waals surface area contributed by atoms with Gasteiger partial charge < -0.3 is 19.7 Å². The van der Waals surface area contributed by atoms with Crippen LogP contribution in [0.5, 0.6) is 11.6 Å². The molecule has 1 aliphatic heterocycles. The Labute approximate surface area is 221 Å². The van der Waals surface area contributed by atoms with Crippen molar-refractivity contribution in [3.05, 3.63) is 72.6 Å². The minimum atomic E-state index is -3.97. The zero-order valence-electron chi connectivity index (χ0n) is 21.2. The number of aryl methyl sites for hydroxylation is 1. The van der Waals surface area contributed by atoms with E-state index in [1.54, 1.807) is 20.2 Å². The third kappa shape index (κ3) is 5.93. The highest BCUT2D eigenvalue weighted by molar-refractivity contribution is 7.92. The average Bonchev–Trinajstić information content (AvgIpc) is 3.37. The van der Waals surface area contributed by atoms with Crippen molar-refractivity contribution in [1.82, 2.24) is 25.1 Å². The molecular formula is C26H29N7O4S. The van der Waals surface area contributed by atoms with Crippen LogP contribution < -0.4 is 19.7 Å². The molecule has 1 fully saturated rings. The van der Waals surface area contributed by atoms with Crippen molar-refractivity contribution in [2.24, 2.45) is 7.05 Å². The van der Waals surface area contributed by atoms with E-state index >= 15 is 0 Å². The van der Waals surface area contributed by atoms with Gasteiger partial charge in [0.05, 0.1) is 18.5 Å². The fourth-order valence-corrected chi connectivity index (χ4v) is 5.12. The first-order chi connectivity index (χ1) is 18.4. The van der Waals surface area contributed by atoms with E-state index in [0.29, 0.717) is 18.1 Å². The molecular weight excluding hydrogens is 506 g/mol. The number of hydrogen-bond donors (Lipinski definition) is 2. The summed E-state index contributed by atoms with van der Waals surface area (Å²) >= 11 is 0. The maximum absolute atomic E-state index is 13.0. The van der Waals surface area contributed by atoms with E-state index in [9.17, 15) is 8.42 Å². The number of rotatable bonds is 9. The molecule has 0 saturated carbocycles. The number of anilines is 2. The molecule has 0 amide bonds. The highest BCUT2D eigenvalue weighted by atomic mass is 32.2. The predicted octanol–water partition coefficient (Wildman–Crippen LogP) is 3.03. The maximum atomic E-state index is 13.0. The number of piperazine rings is 1. The first kappa shape index (κ1) is 25.6. The van der Waals surface area contributed by atoms with E-state index < -0.39 is 10.0 Å². The Balaban J connectivity index is 1.48. The van der Waals surface area contributed by atoms with E-state index in [2.05, 4.69) is 30.0 Å². The molecule has 2 aromatic carbocycles. The number of nitrogens with zero attached hydrogens (tertiary/aromatic N) is 5. The summed E-state index contributed by atoms with van der Waals surface area (Å²) in [6, 6.07) is 17.0. The van der Waals surface area contributed by atoms with E-state index in [1.165, 1.54) is 17.1 Å². The first-order valence-electron chi connectivity index (χ1n) is 12.1. The number of methoxy groups -OCH3 is 1. The van der Waals surface area contributed by atoms with Gasteiger partial charge in [0.15, 0.2) is 0 Å². The van der Waals surface area contributed by atoms with Crippen molar-refractivity contribution < 1.29 is 17.9 Å². The molecule has 0 atom stereocenters. The summed E-state index contributed by atoms with van der Waals surface area (Å²) in [5, 5.41) is 7.30. The van der Waals surface area contributed by atoms with Gasteiger partial charge in [0.25, 0.3) is 10.0 Å². The molecule has 2 aromatic heterocycles. The van der Waals surface area contributed by atoms with Crippen molar-refractivity contribution in [3.8, 4) is 22.9 Å². The zero-order valence-corrected chi connectivity index (χ0v) is 22.0. The third-order valence-electron chi connectivity index (χ3n) is 6.05. The molecule has 0 unspecified atom stereocenters. The lowest BCUT2D eigenvalue weighted by atomic mass is 10.0. The standard InChI is InChI=1S/C26H29N7O4S/c1-32-17-22(16-28-32)38(34,35)31-26-29-24(23-6-4-3-5-19(23)18-36-2)15-25(30-26)37-21-9-7-20(8-10-21)33-13-11-27-12-14-33/h3-10,15-17,27H,11-14,18H2,1-2H3,(H,29,30,31). The van der Waals surface area contributed by atoms with Crippen LogP contribution >= 0.6 is 0 Å². The molecule has 5 rings (SSSR count). The molecule has 12 heteroatoms. The monoisotopic (exact) mass is 535 g/mol. The van der Waals surface area contributed by atoms with Gasteiger partial charge in [-0.3, -0.25) is 4.68 Å². The number of ether oxygens (including phenoxy) is 2. The van der Waals surface area contributed by atoms with Crippen molar-refractivity contribution in [2.45, 2.75) is 11.5 Å². The summed E-state index contributed by atoms with van der Waals surface area (Å²) in [5.41, 5.74) is 3.27. The highest BCUT2D eigenvalue weighted by Crippen LogP contribution is 2.30. The van der Waals surface area contributed by atoms with Gasteiger partial charge in [-0.15, -0.1) is 0 Å². The first-order valence-corrected chi connectivity index (χ1v) is 13.6.